The van der Waals surface area contributed by atoms with E-state index in [2.05, 4.69) is 15.4 Å². The summed E-state index contributed by atoms with van der Waals surface area (Å²) in [5.74, 6) is 0.790. The predicted octanol–water partition coefficient (Wildman–Crippen LogP) is 1.37. The van der Waals surface area contributed by atoms with Crippen molar-refractivity contribution < 1.29 is 0 Å². The van der Waals surface area contributed by atoms with Crippen LogP contribution in [-0.2, 0) is 13.6 Å². The van der Waals surface area contributed by atoms with Gasteiger partial charge in [0.25, 0.3) is 0 Å². The average Bonchev–Trinajstić information content (AvgIpc) is 2.68. The van der Waals surface area contributed by atoms with Crippen LogP contribution in [0.25, 0.3) is 0 Å². The molecule has 18 heavy (non-hydrogen) atoms. The van der Waals surface area contributed by atoms with Gasteiger partial charge in [-0.05, 0) is 19.1 Å². The van der Waals surface area contributed by atoms with Gasteiger partial charge in [-0.1, -0.05) is 12.2 Å². The molecule has 3 N–H and O–H groups in total. The van der Waals surface area contributed by atoms with Crippen LogP contribution in [0.3, 0.4) is 0 Å². The van der Waals surface area contributed by atoms with Crippen molar-refractivity contribution in [3.05, 3.63) is 41.3 Å². The largest absolute Gasteiger partial charge is 0.389 e. The Morgan fingerprint density at radius 2 is 2.22 bits per heavy atom. The standard InChI is InChI=1S/C12H15N5S/c1-8-10(7-16-17(8)2)6-15-11-4-3-9(5-14-11)12(13)18/h3-5,7H,6H2,1-2H3,(H2,13,18)(H,14,15). The Morgan fingerprint density at radius 1 is 1.44 bits per heavy atom. The molecule has 94 valence electrons. The number of nitrogens with two attached hydrogens (primary N) is 1. The monoisotopic (exact) mass is 261 g/mol. The van der Waals surface area contributed by atoms with Gasteiger partial charge in [-0.25, -0.2) is 4.98 Å². The maximum absolute atomic E-state index is 5.51. The highest BCUT2D eigenvalue weighted by atomic mass is 32.1. The zero-order chi connectivity index (χ0) is 13.1. The Kier molecular flexibility index (Phi) is 3.57. The van der Waals surface area contributed by atoms with Crippen LogP contribution in [0, 0.1) is 6.92 Å². The highest BCUT2D eigenvalue weighted by Gasteiger charge is 2.03. The summed E-state index contributed by atoms with van der Waals surface area (Å²) in [7, 11) is 1.92. The van der Waals surface area contributed by atoms with Crippen LogP contribution in [-0.4, -0.2) is 19.8 Å². The van der Waals surface area contributed by atoms with E-state index in [-0.39, 0.29) is 0 Å². The van der Waals surface area contributed by atoms with Gasteiger partial charge < -0.3 is 11.1 Å². The minimum atomic E-state index is 0.358. The summed E-state index contributed by atoms with van der Waals surface area (Å²) in [6.45, 7) is 2.73. The van der Waals surface area contributed by atoms with E-state index >= 15 is 0 Å². The Balaban J connectivity index is 2.02. The fourth-order valence-corrected chi connectivity index (χ4v) is 1.67. The first-order valence-electron chi connectivity index (χ1n) is 5.55. The third-order valence-corrected chi connectivity index (χ3v) is 3.08. The average molecular weight is 261 g/mol. The molecule has 0 aliphatic carbocycles. The molecule has 0 aromatic carbocycles. The summed E-state index contributed by atoms with van der Waals surface area (Å²) in [4.78, 5) is 4.60. The lowest BCUT2D eigenvalue weighted by Gasteiger charge is -2.06. The second-order valence-corrected chi connectivity index (χ2v) is 4.47. The highest BCUT2D eigenvalue weighted by Crippen LogP contribution is 2.10. The molecule has 0 unspecified atom stereocenters. The van der Waals surface area contributed by atoms with Crippen LogP contribution in [0.5, 0.6) is 0 Å². The lowest BCUT2D eigenvalue weighted by molar-refractivity contribution is 0.738. The Labute approximate surface area is 111 Å². The second kappa shape index (κ2) is 5.14. The number of rotatable bonds is 4. The van der Waals surface area contributed by atoms with Crippen molar-refractivity contribution in [1.82, 2.24) is 14.8 Å². The van der Waals surface area contributed by atoms with Gasteiger partial charge in [0.1, 0.15) is 10.8 Å². The first kappa shape index (κ1) is 12.5. The highest BCUT2D eigenvalue weighted by molar-refractivity contribution is 7.80. The molecule has 0 fully saturated rings. The fraction of sp³-hybridized carbons (Fsp3) is 0.250. The van der Waals surface area contributed by atoms with Crippen molar-refractivity contribution in [1.29, 1.82) is 0 Å². The Morgan fingerprint density at radius 3 is 2.72 bits per heavy atom. The molecular formula is C12H15N5S. The van der Waals surface area contributed by atoms with Gasteiger partial charge in [0, 0.05) is 36.6 Å². The smallest absolute Gasteiger partial charge is 0.126 e. The molecule has 0 amide bonds. The maximum Gasteiger partial charge on any atom is 0.126 e. The van der Waals surface area contributed by atoms with E-state index < -0.39 is 0 Å². The molecule has 0 aliphatic heterocycles. The Hall–Kier alpha value is -1.95. The Bertz CT molecular complexity index is 558. The number of thiocarbonyl (C=S) groups is 1. The van der Waals surface area contributed by atoms with E-state index in [1.54, 1.807) is 6.20 Å². The molecule has 5 nitrogen and oxygen atoms in total. The lowest BCUT2D eigenvalue weighted by Crippen LogP contribution is -2.10. The van der Waals surface area contributed by atoms with Crippen LogP contribution in [0.4, 0.5) is 5.82 Å². The summed E-state index contributed by atoms with van der Waals surface area (Å²) in [5.41, 5.74) is 8.57. The van der Waals surface area contributed by atoms with E-state index in [9.17, 15) is 0 Å². The summed E-state index contributed by atoms with van der Waals surface area (Å²) in [5, 5.41) is 7.42. The quantitative estimate of drug-likeness (QED) is 0.814. The van der Waals surface area contributed by atoms with Crippen molar-refractivity contribution in [2.24, 2.45) is 12.8 Å². The topological polar surface area (TPSA) is 68.8 Å². The molecule has 2 heterocycles. The summed E-state index contributed by atoms with van der Waals surface area (Å²) in [6, 6.07) is 3.72. The van der Waals surface area contributed by atoms with Gasteiger partial charge in [-0.3, -0.25) is 4.68 Å². The van der Waals surface area contributed by atoms with Crippen molar-refractivity contribution >= 4 is 23.0 Å². The van der Waals surface area contributed by atoms with Crippen LogP contribution in [0.1, 0.15) is 16.8 Å². The van der Waals surface area contributed by atoms with Crippen molar-refractivity contribution in [3.63, 3.8) is 0 Å². The van der Waals surface area contributed by atoms with Crippen LogP contribution >= 0.6 is 12.2 Å². The number of pyridine rings is 1. The molecule has 0 aliphatic rings. The van der Waals surface area contributed by atoms with Gasteiger partial charge in [0.2, 0.25) is 0 Å². The van der Waals surface area contributed by atoms with E-state index in [4.69, 9.17) is 18.0 Å². The molecule has 2 aromatic heterocycles. The predicted molar refractivity (Wildman–Crippen MR) is 75.4 cm³/mol. The summed E-state index contributed by atoms with van der Waals surface area (Å²) < 4.78 is 1.85. The minimum absolute atomic E-state index is 0.358. The number of nitrogens with zero attached hydrogens (tertiary/aromatic N) is 3. The number of hydrogen-bond acceptors (Lipinski definition) is 4. The zero-order valence-corrected chi connectivity index (χ0v) is 11.2. The van der Waals surface area contributed by atoms with E-state index in [1.807, 2.05) is 37.0 Å². The van der Waals surface area contributed by atoms with Gasteiger partial charge in [-0.2, -0.15) is 5.10 Å². The summed E-state index contributed by atoms with van der Waals surface area (Å²) in [6.07, 6.45) is 3.52. The van der Waals surface area contributed by atoms with Crippen LogP contribution < -0.4 is 11.1 Å². The van der Waals surface area contributed by atoms with Crippen LogP contribution in [0.15, 0.2) is 24.5 Å². The van der Waals surface area contributed by atoms with Crippen molar-refractivity contribution in [2.45, 2.75) is 13.5 Å². The fourth-order valence-electron chi connectivity index (χ4n) is 1.55. The van der Waals surface area contributed by atoms with E-state index in [1.165, 1.54) is 0 Å². The SMILES string of the molecule is Cc1c(CNc2ccc(C(N)=S)cn2)cnn1C. The molecule has 6 heteroatoms. The first-order chi connectivity index (χ1) is 8.58. The third-order valence-electron chi connectivity index (χ3n) is 2.84. The number of aromatic nitrogens is 3. The molecular weight excluding hydrogens is 246 g/mol. The molecule has 0 spiro atoms. The normalized spacial score (nSPS) is 10.3. The number of anilines is 1. The van der Waals surface area contributed by atoms with Gasteiger partial charge in [-0.15, -0.1) is 0 Å². The van der Waals surface area contributed by atoms with E-state index in [0.29, 0.717) is 11.5 Å². The molecule has 0 saturated heterocycles. The zero-order valence-electron chi connectivity index (χ0n) is 10.3. The number of nitrogens with one attached hydrogen (secondary N) is 1. The molecule has 2 aromatic rings. The van der Waals surface area contributed by atoms with Gasteiger partial charge >= 0.3 is 0 Å². The number of hydrogen-bond donors (Lipinski definition) is 2. The maximum atomic E-state index is 5.51. The van der Waals surface area contributed by atoms with Crippen molar-refractivity contribution in [2.75, 3.05) is 5.32 Å². The minimum Gasteiger partial charge on any atom is -0.389 e. The summed E-state index contributed by atoms with van der Waals surface area (Å²) >= 11 is 4.87. The van der Waals surface area contributed by atoms with Gasteiger partial charge in [0.05, 0.1) is 6.20 Å². The second-order valence-electron chi connectivity index (χ2n) is 4.03. The van der Waals surface area contributed by atoms with Crippen LogP contribution in [0.2, 0.25) is 0 Å². The third kappa shape index (κ3) is 2.65. The molecule has 2 rings (SSSR count). The number of aryl methyl sites for hydroxylation is 1. The first-order valence-corrected chi connectivity index (χ1v) is 5.96. The van der Waals surface area contributed by atoms with Gasteiger partial charge in [0.15, 0.2) is 0 Å². The molecule has 0 radical (unpaired) electrons. The molecule has 0 saturated carbocycles. The molecule has 0 bridgehead atoms. The van der Waals surface area contributed by atoms with E-state index in [0.717, 1.165) is 22.6 Å². The lowest BCUT2D eigenvalue weighted by atomic mass is 10.2. The van der Waals surface area contributed by atoms with Crippen molar-refractivity contribution in [3.8, 4) is 0 Å². The molecule has 0 atom stereocenters.